The third-order valence-corrected chi connectivity index (χ3v) is 6.24. The topological polar surface area (TPSA) is 146 Å². The van der Waals surface area contributed by atoms with Crippen LogP contribution >= 0.6 is 58.5 Å². The van der Waals surface area contributed by atoms with E-state index in [1.807, 2.05) is 0 Å². The van der Waals surface area contributed by atoms with E-state index in [0.717, 1.165) is 38.2 Å². The van der Waals surface area contributed by atoms with Crippen molar-refractivity contribution in [3.63, 3.8) is 0 Å². The van der Waals surface area contributed by atoms with Crippen LogP contribution in [-0.2, 0) is 0 Å². The van der Waals surface area contributed by atoms with Gasteiger partial charge in [0.1, 0.15) is 0 Å². The van der Waals surface area contributed by atoms with Gasteiger partial charge in [0.25, 0.3) is 0 Å². The number of hydrogen-bond acceptors (Lipinski definition) is 3. The monoisotopic (exact) mass is 606 g/mol. The molecule has 0 heterocycles. The number of rotatable bonds is 9. The Hall–Kier alpha value is -2.63. The van der Waals surface area contributed by atoms with E-state index in [2.05, 4.69) is 15.3 Å². The van der Waals surface area contributed by atoms with Gasteiger partial charge in [0.15, 0.2) is 0 Å². The number of anilines is 2. The molecule has 0 aliphatic heterocycles. The minimum absolute atomic E-state index is 0.0796. The largest absolute Gasteiger partial charge is 0.369 e. The summed E-state index contributed by atoms with van der Waals surface area (Å²) in [4.78, 5) is 8.21. The van der Waals surface area contributed by atoms with E-state index in [1.165, 1.54) is 0 Å². The van der Waals surface area contributed by atoms with Crippen LogP contribution in [0.4, 0.5) is 11.4 Å². The molecule has 2 rings (SSSR count). The van der Waals surface area contributed by atoms with E-state index in [9.17, 15) is 0 Å². The lowest BCUT2D eigenvalue weighted by Gasteiger charge is -2.26. The zero-order valence-electron chi connectivity index (χ0n) is 19.6. The van der Waals surface area contributed by atoms with Gasteiger partial charge in [-0.25, -0.2) is 4.42 Å². The van der Waals surface area contributed by atoms with Crippen molar-refractivity contribution in [2.45, 2.75) is 25.7 Å². The molecule has 10 nitrogen and oxygen atoms in total. The lowest BCUT2D eigenvalue weighted by molar-refractivity contribution is 0.537. The fourth-order valence-electron chi connectivity index (χ4n) is 2.85. The average molecular weight is 609 g/mol. The highest BCUT2D eigenvalue weighted by atomic mass is 35.5. The van der Waals surface area contributed by atoms with Gasteiger partial charge in [-0.15, -0.1) is 0 Å². The maximum atomic E-state index is 8.13. The second kappa shape index (κ2) is 15.6. The third kappa shape index (κ3) is 10.7. The van der Waals surface area contributed by atoms with E-state index in [1.54, 1.807) is 48.5 Å². The van der Waals surface area contributed by atoms with E-state index < -0.39 is 0 Å². The second-order valence-electron chi connectivity index (χ2n) is 7.55. The van der Waals surface area contributed by atoms with Gasteiger partial charge < -0.3 is 16.8 Å². The fraction of sp³-hybridized carbons (Fsp3) is 0.273. The Balaban J connectivity index is 1.66. The molecule has 0 atom stereocenters. The van der Waals surface area contributed by atoms with Gasteiger partial charge in [-0.05, 0) is 61.4 Å². The molecule has 0 amide bonds. The van der Waals surface area contributed by atoms with Crippen LogP contribution in [-0.4, -0.2) is 45.8 Å². The molecule has 0 radical (unpaired) electrons. The quantitative estimate of drug-likeness (QED) is 0.102. The molecule has 0 unspecified atom stereocenters. The predicted octanol–water partition coefficient (Wildman–Crippen LogP) is 6.04. The number of nitrogens with zero attached hydrogens (tertiary/aromatic N) is 5. The van der Waals surface area contributed by atoms with Crippen LogP contribution in [0.3, 0.4) is 0 Å². The van der Waals surface area contributed by atoms with Crippen molar-refractivity contribution >= 4 is 93.7 Å². The summed E-state index contributed by atoms with van der Waals surface area (Å²) in [6, 6.07) is 13.5. The van der Waals surface area contributed by atoms with Crippen LogP contribution in [0.15, 0.2) is 58.5 Å². The summed E-state index contributed by atoms with van der Waals surface area (Å²) in [6.45, 7) is 0.843. The highest BCUT2D eigenvalue weighted by Crippen LogP contribution is 2.22. The van der Waals surface area contributed by atoms with Crippen LogP contribution in [0.5, 0.6) is 0 Å². The number of hydrogen-bond donors (Lipinski definition) is 5. The molecule has 0 fully saturated rings. The Labute approximate surface area is 241 Å². The van der Waals surface area contributed by atoms with Gasteiger partial charge in [0, 0.05) is 64.2 Å². The van der Waals surface area contributed by atoms with Crippen molar-refractivity contribution in [2.24, 2.45) is 21.5 Å². The summed E-state index contributed by atoms with van der Waals surface area (Å²) >= 11 is 30.1. The molecular formula is C22H27Cl5N10. The van der Waals surface area contributed by atoms with Gasteiger partial charge in [-0.3, -0.25) is 20.2 Å². The molecular weight excluding hydrogens is 582 g/mol. The Morgan fingerprint density at radius 2 is 1.38 bits per heavy atom. The second-order valence-corrected chi connectivity index (χ2v) is 9.51. The number of nitrogens with two attached hydrogens (primary N) is 2. The first-order valence-electron chi connectivity index (χ1n) is 11.0. The molecule has 0 saturated carbocycles. The summed E-state index contributed by atoms with van der Waals surface area (Å²) in [5, 5.41) is 20.3. The van der Waals surface area contributed by atoms with Crippen LogP contribution < -0.4 is 21.2 Å². The van der Waals surface area contributed by atoms with Crippen LogP contribution in [0, 0.1) is 10.8 Å². The SMILES string of the molecule is N=C(N(Cl)CCCCCCN=C(N)N=C(N)Nc1ccc(Cl)cc1)N(Cl)C(=N)N(Cl)c1ccc(Cl)cc1. The van der Waals surface area contributed by atoms with E-state index in [0.29, 0.717) is 35.2 Å². The highest BCUT2D eigenvalue weighted by molar-refractivity contribution is 6.44. The Kier molecular flexibility index (Phi) is 12.9. The first-order chi connectivity index (χ1) is 17.6. The standard InChI is InChI=1S/C22H27Cl5N10/c23-15-5-9-17(10-6-15)33-20(29)34-19(28)32-13-3-1-2-4-14-35(25)21(30)37(27)22(31)36(26)18-11-7-16(24)8-12-18/h5-12,30-31H,1-4,13-14H2,(H5,28,29,32,33,34). The zero-order valence-corrected chi connectivity index (χ0v) is 23.4. The van der Waals surface area contributed by atoms with Crippen LogP contribution in [0.1, 0.15) is 25.7 Å². The smallest absolute Gasteiger partial charge is 0.235 e. The van der Waals surface area contributed by atoms with E-state index in [4.69, 9.17) is 80.8 Å². The van der Waals surface area contributed by atoms with Gasteiger partial charge in [0.05, 0.1) is 5.69 Å². The molecule has 15 heteroatoms. The predicted molar refractivity (Wildman–Crippen MR) is 157 cm³/mol. The number of unbranched alkanes of at least 4 members (excludes halogenated alkanes) is 3. The van der Waals surface area contributed by atoms with Gasteiger partial charge >= 0.3 is 0 Å². The Bertz CT molecular complexity index is 1090. The lowest BCUT2D eigenvalue weighted by Crippen LogP contribution is -2.42. The van der Waals surface area contributed by atoms with Crippen molar-refractivity contribution < 1.29 is 0 Å². The first kappa shape index (κ1) is 30.6. The molecule has 2 aromatic carbocycles. The normalized spacial score (nSPS) is 11.7. The van der Waals surface area contributed by atoms with Crippen LogP contribution in [0.25, 0.3) is 0 Å². The number of aliphatic imine (C=N–C) groups is 2. The fourth-order valence-corrected chi connectivity index (χ4v) is 3.73. The molecule has 0 aromatic heterocycles. The summed E-state index contributed by atoms with van der Waals surface area (Å²) in [6.07, 6.45) is 3.18. The summed E-state index contributed by atoms with van der Waals surface area (Å²) in [5.74, 6) is -0.451. The summed E-state index contributed by atoms with van der Waals surface area (Å²) in [5.41, 5.74) is 12.8. The first-order valence-corrected chi connectivity index (χ1v) is 12.8. The van der Waals surface area contributed by atoms with Crippen LogP contribution in [0.2, 0.25) is 10.0 Å². The Morgan fingerprint density at radius 1 is 0.811 bits per heavy atom. The van der Waals surface area contributed by atoms with Crippen molar-refractivity contribution in [1.82, 2.24) is 8.84 Å². The van der Waals surface area contributed by atoms with E-state index in [-0.39, 0.29) is 23.8 Å². The Morgan fingerprint density at radius 3 is 2.00 bits per heavy atom. The van der Waals surface area contributed by atoms with Gasteiger partial charge in [-0.1, -0.05) is 36.0 Å². The van der Waals surface area contributed by atoms with Crippen molar-refractivity contribution in [2.75, 3.05) is 22.8 Å². The molecule has 0 bridgehead atoms. The third-order valence-electron chi connectivity index (χ3n) is 4.73. The minimum Gasteiger partial charge on any atom is -0.369 e. The molecule has 7 N–H and O–H groups in total. The summed E-state index contributed by atoms with van der Waals surface area (Å²) in [7, 11) is 0. The van der Waals surface area contributed by atoms with Crippen molar-refractivity contribution in [3.8, 4) is 0 Å². The molecule has 200 valence electrons. The average Bonchev–Trinajstić information content (AvgIpc) is 2.87. The molecule has 37 heavy (non-hydrogen) atoms. The number of guanidine groups is 4. The van der Waals surface area contributed by atoms with Crippen molar-refractivity contribution in [3.05, 3.63) is 58.6 Å². The minimum atomic E-state index is -0.358. The number of benzene rings is 2. The van der Waals surface area contributed by atoms with E-state index >= 15 is 0 Å². The highest BCUT2D eigenvalue weighted by Gasteiger charge is 2.23. The van der Waals surface area contributed by atoms with Crippen molar-refractivity contribution in [1.29, 1.82) is 10.8 Å². The number of nitrogens with one attached hydrogen (secondary N) is 3. The molecule has 0 aliphatic rings. The zero-order chi connectivity index (χ0) is 27.4. The molecule has 0 saturated heterocycles. The molecule has 0 spiro atoms. The molecule has 2 aromatic rings. The van der Waals surface area contributed by atoms with Gasteiger partial charge in [-0.2, -0.15) is 9.41 Å². The lowest BCUT2D eigenvalue weighted by atomic mass is 10.2. The maximum absolute atomic E-state index is 8.13. The molecule has 0 aliphatic carbocycles. The maximum Gasteiger partial charge on any atom is 0.235 e. The summed E-state index contributed by atoms with van der Waals surface area (Å²) < 4.78 is 2.86. The van der Waals surface area contributed by atoms with Gasteiger partial charge in [0.2, 0.25) is 23.8 Å². The number of halogens is 5.